The number of halogens is 1. The van der Waals surface area contributed by atoms with Gasteiger partial charge in [0.25, 0.3) is 6.02 Å². The summed E-state index contributed by atoms with van der Waals surface area (Å²) in [5, 5.41) is 3.59. The van der Waals surface area contributed by atoms with E-state index >= 15 is 0 Å². The Morgan fingerprint density at radius 1 is 1.40 bits per heavy atom. The predicted molar refractivity (Wildman–Crippen MR) is 65.3 cm³/mol. The van der Waals surface area contributed by atoms with Gasteiger partial charge in [-0.3, -0.25) is 4.79 Å². The Labute approximate surface area is 99.6 Å². The van der Waals surface area contributed by atoms with Gasteiger partial charge in [-0.15, -0.1) is 0 Å². The lowest BCUT2D eigenvalue weighted by Gasteiger charge is -2.13. The van der Waals surface area contributed by atoms with Crippen LogP contribution in [0, 0.1) is 0 Å². The van der Waals surface area contributed by atoms with Crippen molar-refractivity contribution < 1.29 is 9.53 Å². The zero-order valence-electron chi connectivity index (χ0n) is 9.71. The van der Waals surface area contributed by atoms with Gasteiger partial charge in [0.05, 0.1) is 6.42 Å². The van der Waals surface area contributed by atoms with Gasteiger partial charge in [0.2, 0.25) is 0 Å². The quantitative estimate of drug-likeness (QED) is 0.371. The minimum absolute atomic E-state index is 0.100. The number of nitrogens with one attached hydrogen (secondary N) is 1. The lowest BCUT2D eigenvalue weighted by Crippen LogP contribution is -2.34. The van der Waals surface area contributed by atoms with E-state index in [1.165, 1.54) is 0 Å². The highest BCUT2D eigenvalue weighted by Gasteiger charge is 2.09. The average Bonchev–Trinajstić information content (AvgIpc) is 2.00. The summed E-state index contributed by atoms with van der Waals surface area (Å²) in [5.74, 6) is -0.278. The monoisotopic (exact) mass is 278 g/mol. The second-order valence-corrected chi connectivity index (χ2v) is 4.53. The first-order valence-electron chi connectivity index (χ1n) is 5.06. The Morgan fingerprint density at radius 3 is 2.40 bits per heavy atom. The van der Waals surface area contributed by atoms with Gasteiger partial charge in [0.15, 0.2) is 0 Å². The van der Waals surface area contributed by atoms with Crippen LogP contribution in [-0.2, 0) is 9.53 Å². The first kappa shape index (κ1) is 14.4. The van der Waals surface area contributed by atoms with Gasteiger partial charge >= 0.3 is 5.97 Å². The van der Waals surface area contributed by atoms with Crippen LogP contribution in [0.3, 0.4) is 0 Å². The average molecular weight is 279 g/mol. The fraction of sp³-hybridized carbons (Fsp3) is 0.800. The minimum Gasteiger partial charge on any atom is -0.393 e. The number of esters is 1. The summed E-state index contributed by atoms with van der Waals surface area (Å²) in [7, 11) is 0. The van der Waals surface area contributed by atoms with Gasteiger partial charge < -0.3 is 10.1 Å². The van der Waals surface area contributed by atoms with E-state index < -0.39 is 0 Å². The molecule has 0 aromatic heterocycles. The van der Waals surface area contributed by atoms with Crippen LogP contribution < -0.4 is 5.32 Å². The second kappa shape index (κ2) is 7.68. The van der Waals surface area contributed by atoms with Crippen LogP contribution in [0.1, 0.15) is 34.1 Å². The molecule has 1 N–H and O–H groups in total. The summed E-state index contributed by atoms with van der Waals surface area (Å²) in [5.41, 5.74) is 0. The molecule has 0 aliphatic heterocycles. The highest BCUT2D eigenvalue weighted by atomic mass is 79.9. The summed E-state index contributed by atoms with van der Waals surface area (Å²) in [6, 6.07) is 0.605. The summed E-state index contributed by atoms with van der Waals surface area (Å²) < 4.78 is 5.08. The molecule has 0 amide bonds. The molecule has 0 bridgehead atoms. The Kier molecular flexibility index (Phi) is 7.38. The molecule has 0 spiro atoms. The molecule has 0 rings (SSSR count). The second-order valence-electron chi connectivity index (χ2n) is 3.74. The third-order valence-corrected chi connectivity index (χ3v) is 1.69. The van der Waals surface area contributed by atoms with Gasteiger partial charge in [-0.25, -0.2) is 4.99 Å². The van der Waals surface area contributed by atoms with Crippen molar-refractivity contribution in [3.8, 4) is 0 Å². The summed E-state index contributed by atoms with van der Waals surface area (Å²) >= 11 is 3.18. The molecule has 0 aliphatic carbocycles. The van der Waals surface area contributed by atoms with Gasteiger partial charge in [-0.1, -0.05) is 15.9 Å². The molecular weight excluding hydrogens is 260 g/mol. The van der Waals surface area contributed by atoms with Crippen LogP contribution in [0.25, 0.3) is 0 Å². The molecule has 0 aromatic carbocycles. The Hall–Kier alpha value is -0.580. The van der Waals surface area contributed by atoms with Gasteiger partial charge in [0, 0.05) is 17.4 Å². The van der Waals surface area contributed by atoms with Crippen molar-refractivity contribution in [3.05, 3.63) is 0 Å². The first-order chi connectivity index (χ1) is 6.95. The Bertz CT molecular complexity index is 227. The normalized spacial score (nSPS) is 12.1. The lowest BCUT2D eigenvalue weighted by molar-refractivity contribution is -0.135. The molecule has 0 saturated heterocycles. The molecule has 0 heterocycles. The number of ether oxygens (including phenoxy) is 1. The third kappa shape index (κ3) is 8.42. The SMILES string of the molecule is CC(C)N=C(NC(C)C)OC(=O)CCBr. The van der Waals surface area contributed by atoms with Crippen molar-refractivity contribution in [2.45, 2.75) is 46.2 Å². The number of aliphatic imine (C=N–C) groups is 1. The van der Waals surface area contributed by atoms with E-state index in [9.17, 15) is 4.79 Å². The van der Waals surface area contributed by atoms with Crippen molar-refractivity contribution in [2.24, 2.45) is 4.99 Å². The zero-order valence-corrected chi connectivity index (χ0v) is 11.3. The smallest absolute Gasteiger partial charge is 0.314 e. The van der Waals surface area contributed by atoms with Gasteiger partial charge in [-0.05, 0) is 27.7 Å². The molecule has 0 aliphatic rings. The Balaban J connectivity index is 4.31. The van der Waals surface area contributed by atoms with Crippen molar-refractivity contribution in [1.82, 2.24) is 5.32 Å². The highest BCUT2D eigenvalue weighted by Crippen LogP contribution is 1.96. The highest BCUT2D eigenvalue weighted by molar-refractivity contribution is 9.09. The molecule has 5 heteroatoms. The van der Waals surface area contributed by atoms with Crippen LogP contribution in [-0.4, -0.2) is 29.4 Å². The van der Waals surface area contributed by atoms with Crippen molar-refractivity contribution in [2.75, 3.05) is 5.33 Å². The minimum atomic E-state index is -0.278. The molecule has 0 unspecified atom stereocenters. The zero-order chi connectivity index (χ0) is 11.8. The number of rotatable bonds is 4. The standard InChI is InChI=1S/C10H19BrN2O2/c1-7(2)12-10(13-8(3)4)15-9(14)5-6-11/h7-8H,5-6H2,1-4H3,(H,12,13). The molecule has 4 nitrogen and oxygen atoms in total. The summed E-state index contributed by atoms with van der Waals surface area (Å²) in [6.45, 7) is 7.79. The number of carbonyl (C=O) groups excluding carboxylic acids is 1. The van der Waals surface area contributed by atoms with E-state index in [-0.39, 0.29) is 18.1 Å². The molecular formula is C10H19BrN2O2. The third-order valence-electron chi connectivity index (χ3n) is 1.30. The van der Waals surface area contributed by atoms with Crippen LogP contribution in [0.15, 0.2) is 4.99 Å². The molecule has 0 radical (unpaired) electrons. The lowest BCUT2D eigenvalue weighted by atomic mass is 10.4. The van der Waals surface area contributed by atoms with Crippen molar-refractivity contribution in [3.63, 3.8) is 0 Å². The van der Waals surface area contributed by atoms with Gasteiger partial charge in [-0.2, -0.15) is 0 Å². The largest absolute Gasteiger partial charge is 0.393 e. The maximum absolute atomic E-state index is 11.2. The molecule has 0 atom stereocenters. The van der Waals surface area contributed by atoms with Crippen molar-refractivity contribution >= 4 is 27.9 Å². The summed E-state index contributed by atoms with van der Waals surface area (Å²) in [4.78, 5) is 15.4. The van der Waals surface area contributed by atoms with Crippen LogP contribution in [0.5, 0.6) is 0 Å². The van der Waals surface area contributed by atoms with E-state index in [2.05, 4.69) is 26.2 Å². The van der Waals surface area contributed by atoms with Gasteiger partial charge in [0.1, 0.15) is 0 Å². The fourth-order valence-electron chi connectivity index (χ4n) is 0.811. The van der Waals surface area contributed by atoms with E-state index in [1.807, 2.05) is 27.7 Å². The molecule has 88 valence electrons. The van der Waals surface area contributed by atoms with Crippen LogP contribution >= 0.6 is 15.9 Å². The number of alkyl halides is 1. The Morgan fingerprint density at radius 2 is 2.00 bits per heavy atom. The molecule has 15 heavy (non-hydrogen) atoms. The van der Waals surface area contributed by atoms with E-state index in [0.29, 0.717) is 17.8 Å². The molecule has 0 fully saturated rings. The molecule has 0 saturated carbocycles. The number of hydrogen-bond acceptors (Lipinski definition) is 3. The first-order valence-corrected chi connectivity index (χ1v) is 6.18. The van der Waals surface area contributed by atoms with Crippen LogP contribution in [0.4, 0.5) is 0 Å². The van der Waals surface area contributed by atoms with E-state index in [0.717, 1.165) is 0 Å². The molecule has 0 aromatic rings. The van der Waals surface area contributed by atoms with Crippen molar-refractivity contribution in [1.29, 1.82) is 0 Å². The van der Waals surface area contributed by atoms with Crippen LogP contribution in [0.2, 0.25) is 0 Å². The number of hydrogen-bond donors (Lipinski definition) is 1. The predicted octanol–water partition coefficient (Wildman–Crippen LogP) is 2.08. The topological polar surface area (TPSA) is 50.7 Å². The van der Waals surface area contributed by atoms with E-state index in [4.69, 9.17) is 4.74 Å². The van der Waals surface area contributed by atoms with E-state index in [1.54, 1.807) is 0 Å². The maximum atomic E-state index is 11.2. The number of nitrogens with zero attached hydrogens (tertiary/aromatic N) is 1. The maximum Gasteiger partial charge on any atom is 0.314 e. The summed E-state index contributed by atoms with van der Waals surface area (Å²) in [6.07, 6.45) is 0.344. The number of amidine groups is 1. The fourth-order valence-corrected chi connectivity index (χ4v) is 1.13. The number of carbonyl (C=O) groups is 1.